The first-order chi connectivity index (χ1) is 7.41. The van der Waals surface area contributed by atoms with Gasteiger partial charge in [0, 0.05) is 20.9 Å². The molecule has 0 fully saturated rings. The average molecular weight is 224 g/mol. The van der Waals surface area contributed by atoms with Gasteiger partial charge in [0.05, 0.1) is 6.20 Å². The van der Waals surface area contributed by atoms with Crippen LogP contribution in [0.5, 0.6) is 0 Å². The van der Waals surface area contributed by atoms with Crippen molar-refractivity contribution in [3.05, 3.63) is 11.8 Å². The van der Waals surface area contributed by atoms with Crippen molar-refractivity contribution in [2.45, 2.75) is 13.8 Å². The number of aromatic nitrogens is 2. The quantitative estimate of drug-likeness (QED) is 0.718. The van der Waals surface area contributed by atoms with E-state index in [0.717, 1.165) is 0 Å². The Kier molecular flexibility index (Phi) is 3.39. The molecule has 1 heterocycles. The Morgan fingerprint density at radius 3 is 2.38 bits per heavy atom. The third-order valence-electron chi connectivity index (χ3n) is 1.77. The van der Waals surface area contributed by atoms with Crippen LogP contribution in [-0.4, -0.2) is 27.5 Å². The average Bonchev–Trinajstić information content (AvgIpc) is 2.46. The molecule has 7 heteroatoms. The summed E-state index contributed by atoms with van der Waals surface area (Å²) in [6.45, 7) is 2.55. The summed E-state index contributed by atoms with van der Waals surface area (Å²) in [6, 6.07) is 0. The number of nitrogens with one attached hydrogen (secondary N) is 2. The highest BCUT2D eigenvalue weighted by Crippen LogP contribution is 2.13. The van der Waals surface area contributed by atoms with Gasteiger partial charge < -0.3 is 5.32 Å². The second-order valence-corrected chi connectivity index (χ2v) is 3.22. The third-order valence-corrected chi connectivity index (χ3v) is 1.77. The van der Waals surface area contributed by atoms with Gasteiger partial charge in [-0.2, -0.15) is 5.10 Å². The molecule has 0 bridgehead atoms. The van der Waals surface area contributed by atoms with Crippen molar-refractivity contribution in [3.8, 4) is 0 Å². The lowest BCUT2D eigenvalue weighted by Crippen LogP contribution is -2.28. The predicted octanol–water partition coefficient (Wildman–Crippen LogP) is -0.345. The number of nitrogens with zero attached hydrogens (tertiary/aromatic N) is 2. The highest BCUT2D eigenvalue weighted by atomic mass is 16.2. The minimum absolute atomic E-state index is 0.146. The molecule has 86 valence electrons. The van der Waals surface area contributed by atoms with Gasteiger partial charge in [-0.3, -0.25) is 24.4 Å². The SMILES string of the molecule is CC(=O)NC(=O)c1cnn(C)c1NC(C)=O. The molecule has 1 aromatic rings. The van der Waals surface area contributed by atoms with Crippen LogP contribution in [0.4, 0.5) is 5.82 Å². The number of aryl methyl sites for hydroxylation is 1. The lowest BCUT2D eigenvalue weighted by atomic mass is 10.3. The Hall–Kier alpha value is -2.18. The fourth-order valence-electron chi connectivity index (χ4n) is 1.15. The maximum Gasteiger partial charge on any atom is 0.263 e. The standard InChI is InChI=1S/C9H12N4O3/c1-5(14)11-8-7(4-10-13(8)3)9(16)12-6(2)15/h4H,1-3H3,(H,11,14)(H,12,15,16). The number of anilines is 1. The van der Waals surface area contributed by atoms with Gasteiger partial charge in [0.2, 0.25) is 11.8 Å². The molecule has 0 aromatic carbocycles. The fourth-order valence-corrected chi connectivity index (χ4v) is 1.15. The van der Waals surface area contributed by atoms with Crippen molar-refractivity contribution in [1.29, 1.82) is 0 Å². The number of imide groups is 1. The monoisotopic (exact) mass is 224 g/mol. The van der Waals surface area contributed by atoms with E-state index < -0.39 is 11.8 Å². The molecular weight excluding hydrogens is 212 g/mol. The van der Waals surface area contributed by atoms with Crippen molar-refractivity contribution < 1.29 is 14.4 Å². The molecule has 0 spiro atoms. The first kappa shape index (κ1) is 11.9. The van der Waals surface area contributed by atoms with E-state index in [0.29, 0.717) is 0 Å². The summed E-state index contributed by atoms with van der Waals surface area (Å²) in [5.74, 6) is -1.13. The van der Waals surface area contributed by atoms with Gasteiger partial charge >= 0.3 is 0 Å². The van der Waals surface area contributed by atoms with Crippen molar-refractivity contribution in [1.82, 2.24) is 15.1 Å². The van der Waals surface area contributed by atoms with Crippen LogP contribution in [-0.2, 0) is 16.6 Å². The Morgan fingerprint density at radius 2 is 1.88 bits per heavy atom. The second-order valence-electron chi connectivity index (χ2n) is 3.22. The molecule has 0 radical (unpaired) electrons. The lowest BCUT2D eigenvalue weighted by Gasteiger charge is -2.05. The number of hydrogen-bond donors (Lipinski definition) is 2. The van der Waals surface area contributed by atoms with E-state index in [-0.39, 0.29) is 17.3 Å². The van der Waals surface area contributed by atoms with Crippen LogP contribution in [0.1, 0.15) is 24.2 Å². The topological polar surface area (TPSA) is 93.1 Å². The molecule has 0 saturated carbocycles. The number of carbonyl (C=O) groups is 3. The largest absolute Gasteiger partial charge is 0.310 e. The van der Waals surface area contributed by atoms with Gasteiger partial charge in [-0.15, -0.1) is 0 Å². The van der Waals surface area contributed by atoms with Gasteiger partial charge in [0.25, 0.3) is 5.91 Å². The molecule has 0 aliphatic carbocycles. The van der Waals surface area contributed by atoms with Gasteiger partial charge in [-0.05, 0) is 0 Å². The van der Waals surface area contributed by atoms with Crippen molar-refractivity contribution in [2.75, 3.05) is 5.32 Å². The summed E-state index contributed by atoms with van der Waals surface area (Å²) >= 11 is 0. The number of rotatable bonds is 2. The Labute approximate surface area is 91.8 Å². The van der Waals surface area contributed by atoms with Crippen LogP contribution in [0.25, 0.3) is 0 Å². The van der Waals surface area contributed by atoms with Gasteiger partial charge in [-0.1, -0.05) is 0 Å². The minimum atomic E-state index is -0.593. The highest BCUT2D eigenvalue weighted by molar-refractivity contribution is 6.08. The molecule has 0 unspecified atom stereocenters. The Morgan fingerprint density at radius 1 is 1.25 bits per heavy atom. The number of amides is 3. The molecule has 1 aromatic heterocycles. The third kappa shape index (κ3) is 2.66. The van der Waals surface area contributed by atoms with E-state index in [1.165, 1.54) is 24.7 Å². The zero-order valence-electron chi connectivity index (χ0n) is 9.20. The van der Waals surface area contributed by atoms with Crippen molar-refractivity contribution in [2.24, 2.45) is 7.05 Å². The lowest BCUT2D eigenvalue weighted by molar-refractivity contribution is -0.118. The Bertz CT molecular complexity index is 450. The van der Waals surface area contributed by atoms with E-state index in [2.05, 4.69) is 15.7 Å². The smallest absolute Gasteiger partial charge is 0.263 e. The molecule has 1 rings (SSSR count). The van der Waals surface area contributed by atoms with Crippen LogP contribution in [0.15, 0.2) is 6.20 Å². The van der Waals surface area contributed by atoms with E-state index >= 15 is 0 Å². The first-order valence-corrected chi connectivity index (χ1v) is 4.53. The molecule has 0 saturated heterocycles. The molecule has 16 heavy (non-hydrogen) atoms. The van der Waals surface area contributed by atoms with E-state index in [9.17, 15) is 14.4 Å². The normalized spacial score (nSPS) is 9.69. The van der Waals surface area contributed by atoms with Crippen LogP contribution in [0, 0.1) is 0 Å². The molecule has 7 nitrogen and oxygen atoms in total. The fraction of sp³-hybridized carbons (Fsp3) is 0.333. The number of carbonyl (C=O) groups excluding carboxylic acids is 3. The Balaban J connectivity index is 3.00. The van der Waals surface area contributed by atoms with Gasteiger partial charge in [-0.25, -0.2) is 0 Å². The zero-order chi connectivity index (χ0) is 12.3. The summed E-state index contributed by atoms with van der Waals surface area (Å²) in [5, 5.41) is 8.40. The summed E-state index contributed by atoms with van der Waals surface area (Å²) in [5.41, 5.74) is 0.146. The van der Waals surface area contributed by atoms with E-state index in [4.69, 9.17) is 0 Å². The van der Waals surface area contributed by atoms with Gasteiger partial charge in [0.1, 0.15) is 11.4 Å². The molecular formula is C9H12N4O3. The summed E-state index contributed by atoms with van der Waals surface area (Å²) in [7, 11) is 1.58. The van der Waals surface area contributed by atoms with E-state index in [1.807, 2.05) is 0 Å². The van der Waals surface area contributed by atoms with Crippen molar-refractivity contribution in [3.63, 3.8) is 0 Å². The van der Waals surface area contributed by atoms with Crippen LogP contribution >= 0.6 is 0 Å². The zero-order valence-corrected chi connectivity index (χ0v) is 9.20. The summed E-state index contributed by atoms with van der Waals surface area (Å²) in [4.78, 5) is 33.2. The molecule has 0 atom stereocenters. The predicted molar refractivity (Wildman–Crippen MR) is 55.7 cm³/mol. The maximum absolute atomic E-state index is 11.5. The number of hydrogen-bond acceptors (Lipinski definition) is 4. The molecule has 0 aliphatic rings. The van der Waals surface area contributed by atoms with Gasteiger partial charge in [0.15, 0.2) is 0 Å². The van der Waals surface area contributed by atoms with Crippen LogP contribution in [0.3, 0.4) is 0 Å². The molecule has 2 N–H and O–H groups in total. The summed E-state index contributed by atoms with van der Waals surface area (Å²) < 4.78 is 1.34. The maximum atomic E-state index is 11.5. The first-order valence-electron chi connectivity index (χ1n) is 4.53. The van der Waals surface area contributed by atoms with Crippen LogP contribution < -0.4 is 10.6 Å². The van der Waals surface area contributed by atoms with Crippen LogP contribution in [0.2, 0.25) is 0 Å². The molecule has 3 amide bonds. The highest BCUT2D eigenvalue weighted by Gasteiger charge is 2.17. The minimum Gasteiger partial charge on any atom is -0.310 e. The molecule has 0 aliphatic heterocycles. The summed E-state index contributed by atoms with van der Waals surface area (Å²) in [6.07, 6.45) is 1.28. The van der Waals surface area contributed by atoms with Crippen molar-refractivity contribution >= 4 is 23.5 Å². The van der Waals surface area contributed by atoms with E-state index in [1.54, 1.807) is 7.05 Å². The second kappa shape index (κ2) is 4.56.